The molecule has 1 aromatic carbocycles. The fourth-order valence-electron chi connectivity index (χ4n) is 3.93. The molecule has 2 aromatic rings. The SMILES string of the molecule is COc1ccc(NC(=O)C2=C(C)NC3C(c4ccccc4)C(C(F)(F)F)NN3C2=O)cn1. The molecule has 8 nitrogen and oxygen atoms in total. The van der Waals surface area contributed by atoms with E-state index in [1.807, 2.05) is 0 Å². The van der Waals surface area contributed by atoms with Gasteiger partial charge in [0.2, 0.25) is 5.88 Å². The fraction of sp³-hybridized carbons (Fsp3) is 0.286. The molecule has 3 atom stereocenters. The molecule has 0 saturated carbocycles. The van der Waals surface area contributed by atoms with E-state index in [0.717, 1.165) is 5.01 Å². The Kier molecular flexibility index (Phi) is 5.51. The number of anilines is 1. The lowest BCUT2D eigenvalue weighted by atomic mass is 9.89. The van der Waals surface area contributed by atoms with Crippen molar-refractivity contribution in [3.63, 3.8) is 0 Å². The molecule has 3 heterocycles. The molecule has 2 aliphatic rings. The lowest BCUT2D eigenvalue weighted by molar-refractivity contribution is -0.161. The highest BCUT2D eigenvalue weighted by Crippen LogP contribution is 2.41. The highest BCUT2D eigenvalue weighted by atomic mass is 19.4. The van der Waals surface area contributed by atoms with Crippen LogP contribution in [0.15, 0.2) is 59.9 Å². The molecular formula is C21H20F3N5O3. The van der Waals surface area contributed by atoms with Crippen LogP contribution in [0.3, 0.4) is 0 Å². The van der Waals surface area contributed by atoms with Crippen LogP contribution in [0, 0.1) is 0 Å². The normalized spacial score (nSPS) is 23.0. The van der Waals surface area contributed by atoms with E-state index < -0.39 is 36.1 Å². The lowest BCUT2D eigenvalue weighted by Crippen LogP contribution is -2.56. The van der Waals surface area contributed by atoms with Crippen LogP contribution in [-0.4, -0.2) is 47.3 Å². The number of allylic oxidation sites excluding steroid dienone is 1. The summed E-state index contributed by atoms with van der Waals surface area (Å²) in [7, 11) is 1.44. The van der Waals surface area contributed by atoms with Crippen molar-refractivity contribution in [2.45, 2.75) is 31.2 Å². The molecule has 1 fully saturated rings. The number of ether oxygens (including phenoxy) is 1. The smallest absolute Gasteiger partial charge is 0.406 e. The number of pyridine rings is 1. The van der Waals surface area contributed by atoms with E-state index in [0.29, 0.717) is 17.1 Å². The first-order chi connectivity index (χ1) is 15.2. The molecule has 32 heavy (non-hydrogen) atoms. The van der Waals surface area contributed by atoms with Gasteiger partial charge in [0.1, 0.15) is 17.8 Å². The summed E-state index contributed by atoms with van der Waals surface area (Å²) < 4.78 is 46.4. The first kappa shape index (κ1) is 21.6. The maximum atomic E-state index is 13.8. The third-order valence-corrected chi connectivity index (χ3v) is 5.40. The quantitative estimate of drug-likeness (QED) is 0.623. The van der Waals surface area contributed by atoms with Gasteiger partial charge >= 0.3 is 6.18 Å². The molecule has 168 valence electrons. The van der Waals surface area contributed by atoms with Crippen LogP contribution in [0.1, 0.15) is 18.4 Å². The molecule has 1 aromatic heterocycles. The van der Waals surface area contributed by atoms with Gasteiger partial charge in [-0.25, -0.2) is 15.4 Å². The minimum absolute atomic E-state index is 0.181. The number of hydrogen-bond donors (Lipinski definition) is 3. The maximum absolute atomic E-state index is 13.8. The highest BCUT2D eigenvalue weighted by Gasteiger charge is 2.58. The number of hydrogen-bond acceptors (Lipinski definition) is 6. The van der Waals surface area contributed by atoms with Crippen LogP contribution in [0.5, 0.6) is 5.88 Å². The molecule has 11 heteroatoms. The number of methoxy groups -OCH3 is 1. The van der Waals surface area contributed by atoms with Gasteiger partial charge in [-0.05, 0) is 18.6 Å². The lowest BCUT2D eigenvalue weighted by Gasteiger charge is -2.34. The summed E-state index contributed by atoms with van der Waals surface area (Å²) in [5.74, 6) is -2.38. The predicted octanol–water partition coefficient (Wildman–Crippen LogP) is 2.29. The Morgan fingerprint density at radius 1 is 1.19 bits per heavy atom. The molecule has 0 spiro atoms. The number of aromatic nitrogens is 1. The van der Waals surface area contributed by atoms with Gasteiger partial charge in [-0.15, -0.1) is 0 Å². The van der Waals surface area contributed by atoms with E-state index in [2.05, 4.69) is 21.0 Å². The van der Waals surface area contributed by atoms with Crippen LogP contribution in [0.2, 0.25) is 0 Å². The van der Waals surface area contributed by atoms with Gasteiger partial charge in [0.05, 0.1) is 24.9 Å². The number of nitrogens with zero attached hydrogens (tertiary/aromatic N) is 2. The largest absolute Gasteiger partial charge is 0.481 e. The van der Waals surface area contributed by atoms with Crippen LogP contribution in [0.4, 0.5) is 18.9 Å². The summed E-state index contributed by atoms with van der Waals surface area (Å²) in [5, 5.41) is 6.31. The zero-order chi connectivity index (χ0) is 23.0. The van der Waals surface area contributed by atoms with Gasteiger partial charge in [0.25, 0.3) is 11.8 Å². The van der Waals surface area contributed by atoms with Gasteiger partial charge in [0, 0.05) is 11.8 Å². The fourth-order valence-corrected chi connectivity index (χ4v) is 3.93. The van der Waals surface area contributed by atoms with Crippen molar-refractivity contribution in [1.29, 1.82) is 0 Å². The van der Waals surface area contributed by atoms with Crippen LogP contribution in [-0.2, 0) is 9.59 Å². The van der Waals surface area contributed by atoms with Crippen molar-refractivity contribution in [2.24, 2.45) is 0 Å². The minimum atomic E-state index is -4.62. The Bertz CT molecular complexity index is 1060. The third kappa shape index (κ3) is 3.86. The average Bonchev–Trinajstić information content (AvgIpc) is 3.15. The average molecular weight is 447 g/mol. The summed E-state index contributed by atoms with van der Waals surface area (Å²) in [6.45, 7) is 1.49. The standard InChI is InChI=1S/C21H20F3N5O3/c1-11-15(19(30)27-13-8-9-14(32-2)25-10-13)20(31)29-18(26-11)16(12-6-4-3-5-7-12)17(28-29)21(22,23)24/h3-10,16-18,26,28H,1-2H3,(H,27,30). The van der Waals surface area contributed by atoms with Crippen molar-refractivity contribution in [1.82, 2.24) is 20.7 Å². The molecule has 4 rings (SSSR count). The number of benzene rings is 1. The van der Waals surface area contributed by atoms with E-state index in [9.17, 15) is 22.8 Å². The second-order valence-corrected chi connectivity index (χ2v) is 7.39. The second kappa shape index (κ2) is 8.15. The number of rotatable bonds is 4. The number of halogens is 3. The Morgan fingerprint density at radius 2 is 1.91 bits per heavy atom. The maximum Gasteiger partial charge on any atom is 0.406 e. The first-order valence-electron chi connectivity index (χ1n) is 9.71. The topological polar surface area (TPSA) is 95.6 Å². The summed E-state index contributed by atoms with van der Waals surface area (Å²) in [4.78, 5) is 29.9. The van der Waals surface area contributed by atoms with Crippen molar-refractivity contribution >= 4 is 17.5 Å². The molecule has 2 aliphatic heterocycles. The van der Waals surface area contributed by atoms with Crippen LogP contribution in [0.25, 0.3) is 0 Å². The number of hydrazine groups is 1. The monoisotopic (exact) mass is 447 g/mol. The minimum Gasteiger partial charge on any atom is -0.481 e. The van der Waals surface area contributed by atoms with Crippen LogP contribution < -0.4 is 20.8 Å². The van der Waals surface area contributed by atoms with Crippen molar-refractivity contribution < 1.29 is 27.5 Å². The molecule has 0 radical (unpaired) electrons. The molecule has 3 N–H and O–H groups in total. The first-order valence-corrected chi connectivity index (χ1v) is 9.71. The molecule has 1 saturated heterocycles. The van der Waals surface area contributed by atoms with E-state index in [1.54, 1.807) is 30.3 Å². The Hall–Kier alpha value is -3.60. The van der Waals surface area contributed by atoms with Gasteiger partial charge in [-0.1, -0.05) is 30.3 Å². The van der Waals surface area contributed by atoms with Gasteiger partial charge < -0.3 is 15.4 Å². The van der Waals surface area contributed by atoms with Crippen LogP contribution >= 0.6 is 0 Å². The molecule has 0 aliphatic carbocycles. The number of carbonyl (C=O) groups is 2. The summed E-state index contributed by atoms with van der Waals surface area (Å²) in [6.07, 6.45) is -4.30. The molecular weight excluding hydrogens is 427 g/mol. The zero-order valence-corrected chi connectivity index (χ0v) is 17.1. The number of nitrogens with one attached hydrogen (secondary N) is 3. The summed E-state index contributed by atoms with van der Waals surface area (Å²) in [5.41, 5.74) is 2.88. The van der Waals surface area contributed by atoms with Crippen molar-refractivity contribution in [3.8, 4) is 5.88 Å². The van der Waals surface area contributed by atoms with E-state index in [-0.39, 0.29) is 11.3 Å². The van der Waals surface area contributed by atoms with E-state index in [4.69, 9.17) is 4.74 Å². The Balaban J connectivity index is 1.63. The molecule has 3 unspecified atom stereocenters. The Labute approximate surface area is 181 Å². The van der Waals surface area contributed by atoms with Crippen molar-refractivity contribution in [2.75, 3.05) is 12.4 Å². The summed E-state index contributed by atoms with van der Waals surface area (Å²) >= 11 is 0. The summed E-state index contributed by atoms with van der Waals surface area (Å²) in [6, 6.07) is 9.19. The predicted molar refractivity (Wildman–Crippen MR) is 108 cm³/mol. The molecule has 2 amide bonds. The molecule has 0 bridgehead atoms. The van der Waals surface area contributed by atoms with Gasteiger partial charge in [0.15, 0.2) is 0 Å². The third-order valence-electron chi connectivity index (χ3n) is 5.40. The number of carbonyl (C=O) groups excluding carboxylic acids is 2. The van der Waals surface area contributed by atoms with Gasteiger partial charge in [-0.3, -0.25) is 9.59 Å². The number of amides is 2. The van der Waals surface area contributed by atoms with E-state index >= 15 is 0 Å². The zero-order valence-electron chi connectivity index (χ0n) is 17.1. The van der Waals surface area contributed by atoms with E-state index in [1.165, 1.54) is 32.4 Å². The second-order valence-electron chi connectivity index (χ2n) is 7.39. The number of fused-ring (bicyclic) bond motifs is 1. The highest BCUT2D eigenvalue weighted by molar-refractivity contribution is 6.23. The Morgan fingerprint density at radius 3 is 2.50 bits per heavy atom. The number of alkyl halides is 3. The van der Waals surface area contributed by atoms with Gasteiger partial charge in [-0.2, -0.15) is 13.2 Å². The van der Waals surface area contributed by atoms with Crippen molar-refractivity contribution in [3.05, 3.63) is 65.5 Å².